The minimum atomic E-state index is -0.207. The van der Waals surface area contributed by atoms with Gasteiger partial charge in [-0.05, 0) is 43.6 Å². The monoisotopic (exact) mass is 364 g/mol. The molecule has 2 aromatic rings. The van der Waals surface area contributed by atoms with E-state index in [0.717, 1.165) is 29.1 Å². The number of esters is 1. The Balaban J connectivity index is 1.86. The highest BCUT2D eigenvalue weighted by Crippen LogP contribution is 2.40. The minimum absolute atomic E-state index is 0.132. The molecule has 3 rings (SSSR count). The summed E-state index contributed by atoms with van der Waals surface area (Å²) < 4.78 is 5.43. The van der Waals surface area contributed by atoms with Gasteiger partial charge in [0, 0.05) is 10.3 Å². The lowest BCUT2D eigenvalue weighted by Crippen LogP contribution is -2.21. The number of carbonyl (C=O) groups excluding carboxylic acids is 1. The Hall–Kier alpha value is -1.14. The third-order valence-electron chi connectivity index (χ3n) is 4.16. The molecule has 0 bridgehead atoms. The molecule has 2 aromatic heterocycles. The zero-order valence-corrected chi connectivity index (χ0v) is 16.1. The van der Waals surface area contributed by atoms with E-state index >= 15 is 0 Å². The van der Waals surface area contributed by atoms with Crippen LogP contribution in [0.3, 0.4) is 0 Å². The van der Waals surface area contributed by atoms with Crippen molar-refractivity contribution in [1.29, 1.82) is 0 Å². The lowest BCUT2D eigenvalue weighted by atomic mass is 9.97. The van der Waals surface area contributed by atoms with Crippen LogP contribution < -0.4 is 0 Å². The highest BCUT2D eigenvalue weighted by molar-refractivity contribution is 8.00. The molecule has 0 aromatic carbocycles. The van der Waals surface area contributed by atoms with Crippen LogP contribution in [0.5, 0.6) is 0 Å². The van der Waals surface area contributed by atoms with Gasteiger partial charge in [-0.25, -0.2) is 9.97 Å². The number of rotatable bonds is 6. The molecule has 1 aliphatic rings. The van der Waals surface area contributed by atoms with Gasteiger partial charge in [0.15, 0.2) is 0 Å². The average molecular weight is 365 g/mol. The summed E-state index contributed by atoms with van der Waals surface area (Å²) in [5, 5.41) is 1.91. The zero-order chi connectivity index (χ0) is 17.1. The van der Waals surface area contributed by atoms with Crippen LogP contribution in [0.1, 0.15) is 50.5 Å². The van der Waals surface area contributed by atoms with Crippen molar-refractivity contribution in [1.82, 2.24) is 9.97 Å². The SMILES string of the molecule is CC[C@@H](Sc1ncnc2sc3c(c12)CCCC3)C(=O)OCC(C)C. The molecule has 0 amide bonds. The number of fused-ring (bicyclic) bond motifs is 3. The highest BCUT2D eigenvalue weighted by atomic mass is 32.2. The number of aryl methyl sites for hydroxylation is 2. The van der Waals surface area contributed by atoms with Gasteiger partial charge in [-0.2, -0.15) is 0 Å². The van der Waals surface area contributed by atoms with Crippen LogP contribution >= 0.6 is 23.1 Å². The number of carbonyl (C=O) groups is 1. The molecule has 0 aliphatic heterocycles. The zero-order valence-electron chi connectivity index (χ0n) is 14.5. The summed E-state index contributed by atoms with van der Waals surface area (Å²) in [5.41, 5.74) is 1.41. The van der Waals surface area contributed by atoms with Crippen molar-refractivity contribution in [3.8, 4) is 0 Å². The minimum Gasteiger partial charge on any atom is -0.465 e. The second kappa shape index (κ2) is 7.83. The largest absolute Gasteiger partial charge is 0.465 e. The van der Waals surface area contributed by atoms with Gasteiger partial charge in [0.25, 0.3) is 0 Å². The predicted molar refractivity (Wildman–Crippen MR) is 99.8 cm³/mol. The number of hydrogen-bond donors (Lipinski definition) is 0. The number of aromatic nitrogens is 2. The van der Waals surface area contributed by atoms with E-state index in [0.29, 0.717) is 12.5 Å². The molecule has 0 saturated carbocycles. The number of hydrogen-bond acceptors (Lipinski definition) is 6. The number of ether oxygens (including phenoxy) is 1. The molecule has 0 fully saturated rings. The lowest BCUT2D eigenvalue weighted by Gasteiger charge is -2.16. The topological polar surface area (TPSA) is 52.1 Å². The van der Waals surface area contributed by atoms with E-state index in [1.54, 1.807) is 17.7 Å². The maximum Gasteiger partial charge on any atom is 0.319 e. The summed E-state index contributed by atoms with van der Waals surface area (Å²) in [5.74, 6) is 0.221. The molecule has 24 heavy (non-hydrogen) atoms. The highest BCUT2D eigenvalue weighted by Gasteiger charge is 2.25. The normalized spacial score (nSPS) is 15.5. The molecule has 1 atom stereocenters. The molecular formula is C18H24N2O2S2. The number of thiophene rings is 1. The molecule has 2 heterocycles. The van der Waals surface area contributed by atoms with Crippen LogP contribution in [-0.4, -0.2) is 27.8 Å². The van der Waals surface area contributed by atoms with E-state index in [-0.39, 0.29) is 11.2 Å². The van der Waals surface area contributed by atoms with Crippen LogP contribution in [0.15, 0.2) is 11.4 Å². The van der Waals surface area contributed by atoms with Crippen LogP contribution in [-0.2, 0) is 22.4 Å². The fourth-order valence-electron chi connectivity index (χ4n) is 2.93. The van der Waals surface area contributed by atoms with Crippen molar-refractivity contribution in [3.05, 3.63) is 16.8 Å². The van der Waals surface area contributed by atoms with Crippen LogP contribution in [0.2, 0.25) is 0 Å². The average Bonchev–Trinajstić information content (AvgIpc) is 2.96. The van der Waals surface area contributed by atoms with Gasteiger partial charge in [0.1, 0.15) is 21.4 Å². The molecule has 6 heteroatoms. The first-order chi connectivity index (χ1) is 11.6. The second-order valence-corrected chi connectivity index (χ2v) is 8.88. The third-order valence-corrected chi connectivity index (χ3v) is 6.71. The maximum atomic E-state index is 12.4. The molecule has 0 spiro atoms. The Labute approximate surface area is 151 Å². The molecule has 1 aliphatic carbocycles. The van der Waals surface area contributed by atoms with Crippen molar-refractivity contribution < 1.29 is 9.53 Å². The standard InChI is InChI=1S/C18H24N2O2S2/c1-4-13(18(21)22-9-11(2)3)23-16-15-12-7-5-6-8-14(12)24-17(15)20-10-19-16/h10-11,13H,4-9H2,1-3H3/t13-/m1/s1. The third kappa shape index (κ3) is 3.75. The fourth-order valence-corrected chi connectivity index (χ4v) is 5.26. The van der Waals surface area contributed by atoms with Crippen molar-refractivity contribution >= 4 is 39.3 Å². The van der Waals surface area contributed by atoms with Crippen LogP contribution in [0.25, 0.3) is 10.2 Å². The Kier molecular flexibility index (Phi) is 5.76. The van der Waals surface area contributed by atoms with Gasteiger partial charge in [-0.1, -0.05) is 32.5 Å². The Morgan fingerprint density at radius 3 is 2.88 bits per heavy atom. The van der Waals surface area contributed by atoms with E-state index in [9.17, 15) is 4.79 Å². The van der Waals surface area contributed by atoms with E-state index < -0.39 is 0 Å². The lowest BCUT2D eigenvalue weighted by molar-refractivity contribution is -0.144. The number of thioether (sulfide) groups is 1. The van der Waals surface area contributed by atoms with Gasteiger partial charge >= 0.3 is 5.97 Å². The summed E-state index contributed by atoms with van der Waals surface area (Å²) >= 11 is 3.33. The molecule has 0 N–H and O–H groups in total. The van der Waals surface area contributed by atoms with Crippen molar-refractivity contribution in [2.45, 2.75) is 63.2 Å². The Morgan fingerprint density at radius 2 is 2.12 bits per heavy atom. The number of nitrogens with zero attached hydrogens (tertiary/aromatic N) is 2. The second-order valence-electron chi connectivity index (χ2n) is 6.61. The Bertz CT molecular complexity index is 727. The fraction of sp³-hybridized carbons (Fsp3) is 0.611. The van der Waals surface area contributed by atoms with Crippen LogP contribution in [0, 0.1) is 5.92 Å². The smallest absolute Gasteiger partial charge is 0.319 e. The van der Waals surface area contributed by atoms with E-state index in [2.05, 4.69) is 9.97 Å². The van der Waals surface area contributed by atoms with E-state index in [4.69, 9.17) is 4.74 Å². The van der Waals surface area contributed by atoms with Gasteiger partial charge in [-0.3, -0.25) is 4.79 Å². The first kappa shape index (κ1) is 17.7. The van der Waals surface area contributed by atoms with Crippen molar-refractivity contribution in [2.75, 3.05) is 6.61 Å². The quantitative estimate of drug-likeness (QED) is 0.424. The molecular weight excluding hydrogens is 340 g/mol. The summed E-state index contributed by atoms with van der Waals surface area (Å²) in [4.78, 5) is 23.8. The van der Waals surface area contributed by atoms with E-state index in [1.165, 1.54) is 40.4 Å². The van der Waals surface area contributed by atoms with Crippen molar-refractivity contribution in [3.63, 3.8) is 0 Å². The summed E-state index contributed by atoms with van der Waals surface area (Å²) in [6.45, 7) is 6.60. The van der Waals surface area contributed by atoms with Crippen molar-refractivity contribution in [2.24, 2.45) is 5.92 Å². The van der Waals surface area contributed by atoms with Gasteiger partial charge in [-0.15, -0.1) is 11.3 Å². The van der Waals surface area contributed by atoms with E-state index in [1.807, 2.05) is 20.8 Å². The summed E-state index contributed by atoms with van der Waals surface area (Å²) in [6.07, 6.45) is 7.09. The molecule has 0 radical (unpaired) electrons. The first-order valence-corrected chi connectivity index (χ1v) is 10.4. The molecule has 4 nitrogen and oxygen atoms in total. The van der Waals surface area contributed by atoms with Gasteiger partial charge < -0.3 is 4.74 Å². The maximum absolute atomic E-state index is 12.4. The molecule has 0 unspecified atom stereocenters. The molecule has 130 valence electrons. The summed E-state index contributed by atoms with van der Waals surface area (Å²) in [6, 6.07) is 0. The Morgan fingerprint density at radius 1 is 1.33 bits per heavy atom. The van der Waals surface area contributed by atoms with Crippen LogP contribution in [0.4, 0.5) is 0 Å². The van der Waals surface area contributed by atoms with Gasteiger partial charge in [0.05, 0.1) is 6.61 Å². The van der Waals surface area contributed by atoms with Gasteiger partial charge in [0.2, 0.25) is 0 Å². The summed E-state index contributed by atoms with van der Waals surface area (Å²) in [7, 11) is 0. The predicted octanol–water partition coefficient (Wildman–Crippen LogP) is 4.64. The first-order valence-electron chi connectivity index (χ1n) is 8.68. The molecule has 0 saturated heterocycles.